The number of carbonyl (C=O) groups is 1. The van der Waals surface area contributed by atoms with Crippen LogP contribution in [0, 0.1) is 0 Å². The maximum absolute atomic E-state index is 12.8. The van der Waals surface area contributed by atoms with Crippen molar-refractivity contribution < 1.29 is 9.53 Å². The molecule has 3 heterocycles. The van der Waals surface area contributed by atoms with Crippen LogP contribution in [0.15, 0.2) is 67.0 Å². The minimum atomic E-state index is 0.0512. The Morgan fingerprint density at radius 1 is 1.17 bits per heavy atom. The molecule has 29 heavy (non-hydrogen) atoms. The quantitative estimate of drug-likeness (QED) is 0.662. The number of amides is 1. The van der Waals surface area contributed by atoms with Gasteiger partial charge in [-0.15, -0.1) is 0 Å². The van der Waals surface area contributed by atoms with Gasteiger partial charge in [0.2, 0.25) is 0 Å². The lowest BCUT2D eigenvalue weighted by molar-refractivity contribution is 0.0705. The molecule has 0 bridgehead atoms. The van der Waals surface area contributed by atoms with Crippen molar-refractivity contribution in [2.24, 2.45) is 0 Å². The van der Waals surface area contributed by atoms with Crippen LogP contribution in [0.2, 0.25) is 0 Å². The number of hydrogen-bond acceptors (Lipinski definition) is 4. The van der Waals surface area contributed by atoms with E-state index in [9.17, 15) is 4.79 Å². The molecule has 3 aromatic rings. The van der Waals surface area contributed by atoms with Crippen LogP contribution in [0.4, 0.5) is 0 Å². The Morgan fingerprint density at radius 3 is 2.90 bits per heavy atom. The number of hydrogen-bond donors (Lipinski definition) is 0. The molecule has 1 aliphatic rings. The van der Waals surface area contributed by atoms with Crippen LogP contribution in [0.25, 0.3) is 0 Å². The molecule has 5 heteroatoms. The van der Waals surface area contributed by atoms with E-state index in [0.717, 1.165) is 42.9 Å². The van der Waals surface area contributed by atoms with Crippen LogP contribution < -0.4 is 4.74 Å². The molecule has 2 aromatic heterocycles. The Kier molecular flexibility index (Phi) is 5.84. The topological polar surface area (TPSA) is 55.3 Å². The Hall–Kier alpha value is -3.21. The summed E-state index contributed by atoms with van der Waals surface area (Å²) < 4.78 is 5.32. The standard InChI is InChI=1S/C24H25N3O2/c1-29-22-10-2-6-18(15-22)14-21-9-3-11-23(26-21)20-8-5-13-27(17-20)24(28)19-7-4-12-25-16-19/h2-4,6-7,9-12,15-16,20H,5,8,13-14,17H2,1H3/t20-/m0/s1. The first-order valence-corrected chi connectivity index (χ1v) is 10.0. The summed E-state index contributed by atoms with van der Waals surface area (Å²) >= 11 is 0. The van der Waals surface area contributed by atoms with Gasteiger partial charge in [-0.1, -0.05) is 18.2 Å². The van der Waals surface area contributed by atoms with Crippen LogP contribution >= 0.6 is 0 Å². The van der Waals surface area contributed by atoms with E-state index in [1.54, 1.807) is 25.6 Å². The van der Waals surface area contributed by atoms with Gasteiger partial charge in [0.15, 0.2) is 0 Å². The number of likely N-dealkylation sites (tertiary alicyclic amines) is 1. The van der Waals surface area contributed by atoms with E-state index in [1.165, 1.54) is 5.56 Å². The number of methoxy groups -OCH3 is 1. The Labute approximate surface area is 171 Å². The molecule has 0 aliphatic carbocycles. The second-order valence-corrected chi connectivity index (χ2v) is 7.41. The molecule has 1 aliphatic heterocycles. The zero-order chi connectivity index (χ0) is 20.1. The zero-order valence-electron chi connectivity index (χ0n) is 16.6. The number of aromatic nitrogens is 2. The molecule has 148 valence electrons. The van der Waals surface area contributed by atoms with Gasteiger partial charge in [0.05, 0.1) is 12.7 Å². The first-order chi connectivity index (χ1) is 14.2. The largest absolute Gasteiger partial charge is 0.497 e. The van der Waals surface area contributed by atoms with Gasteiger partial charge >= 0.3 is 0 Å². The highest BCUT2D eigenvalue weighted by Crippen LogP contribution is 2.27. The first-order valence-electron chi connectivity index (χ1n) is 10.0. The van der Waals surface area contributed by atoms with Crippen LogP contribution in [0.1, 0.15) is 46.1 Å². The van der Waals surface area contributed by atoms with E-state index < -0.39 is 0 Å². The van der Waals surface area contributed by atoms with E-state index in [0.29, 0.717) is 12.1 Å². The fourth-order valence-electron chi connectivity index (χ4n) is 3.89. The molecule has 1 fully saturated rings. The van der Waals surface area contributed by atoms with Crippen LogP contribution in [-0.4, -0.2) is 41.0 Å². The number of rotatable bonds is 5. The average molecular weight is 387 g/mol. The highest BCUT2D eigenvalue weighted by Gasteiger charge is 2.26. The molecule has 0 unspecified atom stereocenters. The minimum absolute atomic E-state index is 0.0512. The molecular formula is C24H25N3O2. The fraction of sp³-hybridized carbons (Fsp3) is 0.292. The summed E-state index contributed by atoms with van der Waals surface area (Å²) in [6.07, 6.45) is 6.12. The van der Waals surface area contributed by atoms with Gasteiger partial charge in [-0.05, 0) is 54.8 Å². The average Bonchev–Trinajstić information content (AvgIpc) is 2.79. The predicted octanol–water partition coefficient (Wildman–Crippen LogP) is 4.10. The van der Waals surface area contributed by atoms with Gasteiger partial charge in [-0.3, -0.25) is 14.8 Å². The molecule has 0 N–H and O–H groups in total. The molecule has 0 saturated carbocycles. The van der Waals surface area contributed by atoms with E-state index in [4.69, 9.17) is 9.72 Å². The van der Waals surface area contributed by atoms with E-state index in [1.807, 2.05) is 29.2 Å². The number of piperidine rings is 1. The fourth-order valence-corrected chi connectivity index (χ4v) is 3.89. The van der Waals surface area contributed by atoms with Gasteiger partial charge in [-0.25, -0.2) is 0 Å². The molecule has 1 amide bonds. The maximum Gasteiger partial charge on any atom is 0.255 e. The number of nitrogens with zero attached hydrogens (tertiary/aromatic N) is 3. The van der Waals surface area contributed by atoms with Gasteiger partial charge in [0.1, 0.15) is 5.75 Å². The minimum Gasteiger partial charge on any atom is -0.497 e. The molecule has 1 atom stereocenters. The van der Waals surface area contributed by atoms with Crippen LogP contribution in [-0.2, 0) is 6.42 Å². The Balaban J connectivity index is 1.48. The summed E-state index contributed by atoms with van der Waals surface area (Å²) in [6.45, 7) is 1.48. The molecule has 1 aromatic carbocycles. The van der Waals surface area contributed by atoms with Gasteiger partial charge < -0.3 is 9.64 Å². The number of benzene rings is 1. The van der Waals surface area contributed by atoms with Crippen molar-refractivity contribution in [1.82, 2.24) is 14.9 Å². The highest BCUT2D eigenvalue weighted by molar-refractivity contribution is 5.94. The third-order valence-electron chi connectivity index (χ3n) is 5.38. The second kappa shape index (κ2) is 8.86. The smallest absolute Gasteiger partial charge is 0.255 e. The van der Waals surface area contributed by atoms with Gasteiger partial charge in [0.25, 0.3) is 5.91 Å². The molecule has 4 rings (SSSR count). The normalized spacial score (nSPS) is 16.4. The predicted molar refractivity (Wildman–Crippen MR) is 112 cm³/mol. The summed E-state index contributed by atoms with van der Waals surface area (Å²) in [5.41, 5.74) is 3.92. The van der Waals surface area contributed by atoms with Crippen molar-refractivity contribution >= 4 is 5.91 Å². The van der Waals surface area contributed by atoms with Crippen LogP contribution in [0.5, 0.6) is 5.75 Å². The lowest BCUT2D eigenvalue weighted by atomic mass is 9.93. The molecule has 1 saturated heterocycles. The SMILES string of the molecule is COc1cccc(Cc2cccc([C@H]3CCCN(C(=O)c4cccnc4)C3)n2)c1. The molecular weight excluding hydrogens is 362 g/mol. The highest BCUT2D eigenvalue weighted by atomic mass is 16.5. The summed E-state index contributed by atoms with van der Waals surface area (Å²) in [6, 6.07) is 17.9. The Morgan fingerprint density at radius 2 is 2.07 bits per heavy atom. The van der Waals surface area contributed by atoms with Crippen molar-refractivity contribution in [1.29, 1.82) is 0 Å². The summed E-state index contributed by atoms with van der Waals surface area (Å²) in [5, 5.41) is 0. The third-order valence-corrected chi connectivity index (χ3v) is 5.38. The summed E-state index contributed by atoms with van der Waals surface area (Å²) in [7, 11) is 1.68. The second-order valence-electron chi connectivity index (χ2n) is 7.41. The van der Waals surface area contributed by atoms with E-state index in [-0.39, 0.29) is 11.8 Å². The monoisotopic (exact) mass is 387 g/mol. The molecule has 0 radical (unpaired) electrons. The van der Waals surface area contributed by atoms with E-state index >= 15 is 0 Å². The van der Waals surface area contributed by atoms with Crippen molar-refractivity contribution in [3.63, 3.8) is 0 Å². The number of carbonyl (C=O) groups excluding carboxylic acids is 1. The van der Waals surface area contributed by atoms with Gasteiger partial charge in [-0.2, -0.15) is 0 Å². The van der Waals surface area contributed by atoms with E-state index in [2.05, 4.69) is 29.2 Å². The number of pyridine rings is 2. The van der Waals surface area contributed by atoms with Gasteiger partial charge in [0, 0.05) is 49.2 Å². The lowest BCUT2D eigenvalue weighted by Crippen LogP contribution is -2.39. The van der Waals surface area contributed by atoms with Crippen molar-refractivity contribution in [2.45, 2.75) is 25.2 Å². The zero-order valence-corrected chi connectivity index (χ0v) is 16.6. The maximum atomic E-state index is 12.8. The summed E-state index contributed by atoms with van der Waals surface area (Å²) in [4.78, 5) is 23.7. The van der Waals surface area contributed by atoms with Crippen molar-refractivity contribution in [3.05, 3.63) is 89.5 Å². The summed E-state index contributed by atoms with van der Waals surface area (Å²) in [5.74, 6) is 1.17. The van der Waals surface area contributed by atoms with Crippen molar-refractivity contribution in [3.8, 4) is 5.75 Å². The third kappa shape index (κ3) is 4.62. The first kappa shape index (κ1) is 19.1. The molecule has 5 nitrogen and oxygen atoms in total. The van der Waals surface area contributed by atoms with Crippen molar-refractivity contribution in [2.75, 3.05) is 20.2 Å². The lowest BCUT2D eigenvalue weighted by Gasteiger charge is -2.32. The van der Waals surface area contributed by atoms with Crippen LogP contribution in [0.3, 0.4) is 0 Å². The Bertz CT molecular complexity index is 975. The molecule has 0 spiro atoms. The number of ether oxygens (including phenoxy) is 1.